The third-order valence-corrected chi connectivity index (χ3v) is 3.68. The van der Waals surface area contributed by atoms with E-state index < -0.39 is 6.61 Å². The van der Waals surface area contributed by atoms with Crippen molar-refractivity contribution >= 4 is 41.5 Å². The second kappa shape index (κ2) is 11.1. The van der Waals surface area contributed by atoms with Gasteiger partial charge in [0.2, 0.25) is 0 Å². The molecule has 2 rings (SSSR count). The Morgan fingerprint density at radius 1 is 1.27 bits per heavy atom. The third-order valence-electron chi connectivity index (χ3n) is 3.45. The first kappa shape index (κ1) is 22.4. The van der Waals surface area contributed by atoms with Gasteiger partial charge in [-0.05, 0) is 36.8 Å². The van der Waals surface area contributed by atoms with E-state index in [1.54, 1.807) is 19.3 Å². The van der Waals surface area contributed by atoms with Crippen molar-refractivity contribution in [2.75, 3.05) is 7.05 Å². The van der Waals surface area contributed by atoms with Crippen LogP contribution in [0.5, 0.6) is 5.75 Å². The van der Waals surface area contributed by atoms with Gasteiger partial charge in [0.25, 0.3) is 0 Å². The quantitative estimate of drug-likeness (QED) is 0.359. The lowest BCUT2D eigenvalue weighted by Gasteiger charge is -2.15. The summed E-state index contributed by atoms with van der Waals surface area (Å²) in [6, 6.07) is 8.33. The molecule has 0 spiro atoms. The van der Waals surface area contributed by atoms with Crippen LogP contribution < -0.4 is 15.4 Å². The van der Waals surface area contributed by atoms with Crippen LogP contribution in [0.1, 0.15) is 16.8 Å². The summed E-state index contributed by atoms with van der Waals surface area (Å²) in [6.45, 7) is -0.212. The van der Waals surface area contributed by atoms with Crippen molar-refractivity contribution < 1.29 is 13.5 Å². The zero-order valence-electron chi connectivity index (χ0n) is 14.3. The van der Waals surface area contributed by atoms with Crippen LogP contribution in [-0.2, 0) is 13.1 Å². The van der Waals surface area contributed by atoms with Crippen molar-refractivity contribution in [2.45, 2.75) is 26.6 Å². The minimum Gasteiger partial charge on any atom is -0.434 e. The predicted octanol–water partition coefficient (Wildman–Crippen LogP) is 4.13. The van der Waals surface area contributed by atoms with E-state index in [4.69, 9.17) is 11.6 Å². The number of ether oxygens (including phenoxy) is 1. The molecule has 9 heteroatoms. The molecule has 0 fully saturated rings. The Morgan fingerprint density at radius 3 is 2.65 bits per heavy atom. The van der Waals surface area contributed by atoms with Gasteiger partial charge in [0.05, 0.1) is 12.2 Å². The lowest BCUT2D eigenvalue weighted by molar-refractivity contribution is -0.0504. The predicted molar refractivity (Wildman–Crippen MR) is 110 cm³/mol. The monoisotopic (exact) mass is 496 g/mol. The summed E-state index contributed by atoms with van der Waals surface area (Å²) in [7, 11) is 1.62. The number of halogens is 4. The fourth-order valence-corrected chi connectivity index (χ4v) is 2.36. The minimum atomic E-state index is -2.90. The van der Waals surface area contributed by atoms with Crippen molar-refractivity contribution in [1.82, 2.24) is 15.6 Å². The maximum absolute atomic E-state index is 12.5. The normalized spacial score (nSPS) is 11.1. The van der Waals surface area contributed by atoms with Gasteiger partial charge in [-0.15, -0.1) is 24.0 Å². The van der Waals surface area contributed by atoms with E-state index in [1.807, 2.05) is 19.1 Å². The molecule has 1 aromatic heterocycles. The Bertz CT molecular complexity index is 746. The van der Waals surface area contributed by atoms with Gasteiger partial charge in [-0.1, -0.05) is 17.7 Å². The maximum Gasteiger partial charge on any atom is 0.387 e. The van der Waals surface area contributed by atoms with E-state index in [0.29, 0.717) is 23.1 Å². The van der Waals surface area contributed by atoms with Gasteiger partial charge < -0.3 is 15.4 Å². The number of aromatic nitrogens is 1. The summed E-state index contributed by atoms with van der Waals surface area (Å²) in [5, 5.41) is 6.61. The second-order valence-electron chi connectivity index (χ2n) is 5.18. The van der Waals surface area contributed by atoms with Gasteiger partial charge in [0.15, 0.2) is 5.96 Å². The third kappa shape index (κ3) is 6.91. The van der Waals surface area contributed by atoms with Gasteiger partial charge >= 0.3 is 6.61 Å². The molecular weight excluding hydrogens is 477 g/mol. The number of rotatable bonds is 6. The van der Waals surface area contributed by atoms with Crippen LogP contribution in [0.4, 0.5) is 8.78 Å². The summed E-state index contributed by atoms with van der Waals surface area (Å²) in [5.74, 6) is 0.580. The van der Waals surface area contributed by atoms with Crippen molar-refractivity contribution in [3.63, 3.8) is 0 Å². The van der Waals surface area contributed by atoms with Crippen LogP contribution in [0.3, 0.4) is 0 Å². The molecule has 0 bridgehead atoms. The molecule has 2 N–H and O–H groups in total. The number of alkyl halides is 2. The van der Waals surface area contributed by atoms with Crippen LogP contribution >= 0.6 is 35.6 Å². The average molecular weight is 497 g/mol. The van der Waals surface area contributed by atoms with Gasteiger partial charge in [-0.3, -0.25) is 9.98 Å². The number of aryl methyl sites for hydroxylation is 1. The van der Waals surface area contributed by atoms with Crippen LogP contribution in [-0.4, -0.2) is 24.6 Å². The number of benzene rings is 1. The van der Waals surface area contributed by atoms with Crippen LogP contribution in [0, 0.1) is 6.92 Å². The van der Waals surface area contributed by atoms with Crippen molar-refractivity contribution in [2.24, 2.45) is 4.99 Å². The highest BCUT2D eigenvalue weighted by Gasteiger charge is 2.11. The Hall–Kier alpha value is -1.68. The first-order valence-corrected chi connectivity index (χ1v) is 7.95. The van der Waals surface area contributed by atoms with Crippen molar-refractivity contribution in [3.05, 3.63) is 58.4 Å². The van der Waals surface area contributed by atoms with Crippen LogP contribution in [0.15, 0.2) is 41.5 Å². The van der Waals surface area contributed by atoms with Gasteiger partial charge in [0.1, 0.15) is 5.75 Å². The molecule has 0 aliphatic carbocycles. The summed E-state index contributed by atoms with van der Waals surface area (Å²) in [4.78, 5) is 8.40. The molecule has 1 aromatic carbocycles. The SMILES string of the molecule is CN=C(NCc1cc(Cl)ccc1OC(F)F)NCc1ncccc1C.I. The van der Waals surface area contributed by atoms with Crippen LogP contribution in [0.2, 0.25) is 5.02 Å². The number of hydrogen-bond donors (Lipinski definition) is 2. The number of hydrogen-bond acceptors (Lipinski definition) is 3. The summed E-state index contributed by atoms with van der Waals surface area (Å²) < 4.78 is 29.5. The van der Waals surface area contributed by atoms with Crippen LogP contribution in [0.25, 0.3) is 0 Å². The molecular formula is C17H20ClF2IN4O. The Labute approximate surface area is 173 Å². The van der Waals surface area contributed by atoms with Gasteiger partial charge in [-0.2, -0.15) is 8.78 Å². The van der Waals surface area contributed by atoms with E-state index in [2.05, 4.69) is 25.3 Å². The molecule has 142 valence electrons. The van der Waals surface area contributed by atoms with E-state index in [9.17, 15) is 8.78 Å². The van der Waals surface area contributed by atoms with Gasteiger partial charge in [-0.25, -0.2) is 0 Å². The second-order valence-corrected chi connectivity index (χ2v) is 5.61. The van der Waals surface area contributed by atoms with E-state index in [-0.39, 0.29) is 36.3 Å². The number of pyridine rings is 1. The molecule has 5 nitrogen and oxygen atoms in total. The number of aliphatic imine (C=N–C) groups is 1. The Kier molecular flexibility index (Phi) is 9.57. The number of nitrogens with one attached hydrogen (secondary N) is 2. The van der Waals surface area contributed by atoms with E-state index >= 15 is 0 Å². The molecule has 0 unspecified atom stereocenters. The first-order chi connectivity index (χ1) is 12.0. The highest BCUT2D eigenvalue weighted by atomic mass is 127. The first-order valence-electron chi connectivity index (χ1n) is 7.58. The fourth-order valence-electron chi connectivity index (χ4n) is 2.17. The lowest BCUT2D eigenvalue weighted by Crippen LogP contribution is -2.36. The zero-order valence-corrected chi connectivity index (χ0v) is 17.4. The molecule has 0 saturated heterocycles. The van der Waals surface area contributed by atoms with Crippen molar-refractivity contribution in [1.29, 1.82) is 0 Å². The van der Waals surface area contributed by atoms with E-state index in [0.717, 1.165) is 11.3 Å². The molecule has 0 aliphatic heterocycles. The highest BCUT2D eigenvalue weighted by Crippen LogP contribution is 2.24. The highest BCUT2D eigenvalue weighted by molar-refractivity contribution is 14.0. The summed E-state index contributed by atoms with van der Waals surface area (Å²) in [6.07, 6.45) is 1.72. The molecule has 1 heterocycles. The summed E-state index contributed by atoms with van der Waals surface area (Å²) in [5.41, 5.74) is 2.47. The molecule has 0 aliphatic rings. The molecule has 2 aromatic rings. The van der Waals surface area contributed by atoms with Crippen molar-refractivity contribution in [3.8, 4) is 5.75 Å². The maximum atomic E-state index is 12.5. The average Bonchev–Trinajstić information content (AvgIpc) is 2.58. The zero-order chi connectivity index (χ0) is 18.2. The smallest absolute Gasteiger partial charge is 0.387 e. The number of nitrogens with zero attached hydrogens (tertiary/aromatic N) is 2. The Balaban J connectivity index is 0.00000338. The largest absolute Gasteiger partial charge is 0.434 e. The standard InChI is InChI=1S/C17H19ClF2N4O.HI/c1-11-4-3-7-22-14(11)10-24-17(21-2)23-9-12-8-13(18)5-6-15(12)25-16(19)20;/h3-8,16H,9-10H2,1-2H3,(H2,21,23,24);1H. The lowest BCUT2D eigenvalue weighted by atomic mass is 10.2. The molecule has 0 amide bonds. The van der Waals surface area contributed by atoms with Gasteiger partial charge in [0, 0.05) is 30.4 Å². The number of guanidine groups is 1. The topological polar surface area (TPSA) is 58.5 Å². The van der Waals surface area contributed by atoms with E-state index in [1.165, 1.54) is 12.1 Å². The fraction of sp³-hybridized carbons (Fsp3) is 0.294. The summed E-state index contributed by atoms with van der Waals surface area (Å²) >= 11 is 5.94. The molecule has 0 atom stereocenters. The molecule has 0 saturated carbocycles. The molecule has 0 radical (unpaired) electrons. The minimum absolute atomic E-state index is 0. The Morgan fingerprint density at radius 2 is 2.00 bits per heavy atom. The molecule has 26 heavy (non-hydrogen) atoms.